The first-order valence-corrected chi connectivity index (χ1v) is 9.96. The van der Waals surface area contributed by atoms with Crippen LogP contribution in [0.15, 0.2) is 53.9 Å². The van der Waals surface area contributed by atoms with Gasteiger partial charge in [-0.15, -0.1) is 10.2 Å². The Bertz CT molecular complexity index is 915. The number of aromatic nitrogens is 4. The lowest BCUT2D eigenvalue weighted by Crippen LogP contribution is -2.28. The van der Waals surface area contributed by atoms with Crippen LogP contribution in [0.3, 0.4) is 0 Å². The fourth-order valence-corrected chi connectivity index (χ4v) is 3.83. The summed E-state index contributed by atoms with van der Waals surface area (Å²) in [5.41, 5.74) is 1.84. The van der Waals surface area contributed by atoms with Crippen molar-refractivity contribution in [3.63, 3.8) is 0 Å². The van der Waals surface area contributed by atoms with E-state index in [2.05, 4.69) is 20.5 Å². The van der Waals surface area contributed by atoms with Crippen LogP contribution in [-0.2, 0) is 11.3 Å². The molecule has 140 valence electrons. The van der Waals surface area contributed by atoms with Crippen LogP contribution in [0.2, 0.25) is 5.02 Å². The molecule has 2 aromatic heterocycles. The molecule has 0 saturated carbocycles. The quantitative estimate of drug-likeness (QED) is 0.606. The van der Waals surface area contributed by atoms with Crippen LogP contribution in [0, 0.1) is 0 Å². The molecule has 0 fully saturated rings. The fourth-order valence-electron chi connectivity index (χ4n) is 2.71. The molecule has 1 atom stereocenters. The van der Waals surface area contributed by atoms with Crippen LogP contribution >= 0.6 is 23.4 Å². The molecule has 2 heterocycles. The Kier molecular flexibility index (Phi) is 6.47. The van der Waals surface area contributed by atoms with Gasteiger partial charge in [0.15, 0.2) is 11.0 Å². The largest absolute Gasteiger partial charge is 0.349 e. The molecular weight excluding hydrogens is 382 g/mol. The smallest absolute Gasteiger partial charge is 0.230 e. The Morgan fingerprint density at radius 3 is 2.67 bits per heavy atom. The molecule has 0 aliphatic heterocycles. The minimum Gasteiger partial charge on any atom is -0.349 e. The van der Waals surface area contributed by atoms with Crippen molar-refractivity contribution in [2.24, 2.45) is 0 Å². The van der Waals surface area contributed by atoms with E-state index in [1.54, 1.807) is 12.4 Å². The lowest BCUT2D eigenvalue weighted by Gasteiger charge is -2.15. The van der Waals surface area contributed by atoms with E-state index < -0.39 is 0 Å². The van der Waals surface area contributed by atoms with E-state index >= 15 is 0 Å². The molecule has 0 aliphatic rings. The molecule has 1 aromatic carbocycles. The van der Waals surface area contributed by atoms with Gasteiger partial charge in [-0.1, -0.05) is 41.6 Å². The number of nitrogens with zero attached hydrogens (tertiary/aromatic N) is 4. The van der Waals surface area contributed by atoms with Gasteiger partial charge in [0.05, 0.1) is 11.8 Å². The topological polar surface area (TPSA) is 72.7 Å². The van der Waals surface area contributed by atoms with E-state index in [0.717, 1.165) is 17.0 Å². The van der Waals surface area contributed by atoms with Crippen molar-refractivity contribution in [1.29, 1.82) is 0 Å². The molecule has 3 aromatic rings. The van der Waals surface area contributed by atoms with Gasteiger partial charge in [-0.05, 0) is 37.6 Å². The zero-order valence-corrected chi connectivity index (χ0v) is 16.7. The first-order chi connectivity index (χ1) is 13.1. The maximum absolute atomic E-state index is 12.3. The van der Waals surface area contributed by atoms with Crippen molar-refractivity contribution in [1.82, 2.24) is 25.1 Å². The molecule has 0 aliphatic carbocycles. The highest BCUT2D eigenvalue weighted by Gasteiger charge is 2.16. The summed E-state index contributed by atoms with van der Waals surface area (Å²) in [7, 11) is 0. The summed E-state index contributed by atoms with van der Waals surface area (Å²) >= 11 is 7.56. The fraction of sp³-hybridized carbons (Fsp3) is 0.263. The van der Waals surface area contributed by atoms with Crippen molar-refractivity contribution in [2.75, 3.05) is 5.75 Å². The molecule has 0 spiro atoms. The third kappa shape index (κ3) is 4.67. The number of amides is 1. The van der Waals surface area contributed by atoms with Gasteiger partial charge in [-0.2, -0.15) is 0 Å². The Morgan fingerprint density at radius 2 is 1.96 bits per heavy atom. The van der Waals surface area contributed by atoms with Gasteiger partial charge in [0, 0.05) is 29.5 Å². The summed E-state index contributed by atoms with van der Waals surface area (Å²) in [6, 6.07) is 11.1. The van der Waals surface area contributed by atoms with Crippen LogP contribution in [0.4, 0.5) is 0 Å². The predicted octanol–water partition coefficient (Wildman–Crippen LogP) is 3.98. The van der Waals surface area contributed by atoms with Gasteiger partial charge in [0.25, 0.3) is 0 Å². The highest BCUT2D eigenvalue weighted by Crippen LogP contribution is 2.25. The summed E-state index contributed by atoms with van der Waals surface area (Å²) in [6.07, 6.45) is 3.45. The van der Waals surface area contributed by atoms with Crippen LogP contribution < -0.4 is 5.32 Å². The number of benzene rings is 1. The number of hydrogen-bond acceptors (Lipinski definition) is 5. The summed E-state index contributed by atoms with van der Waals surface area (Å²) in [4.78, 5) is 16.4. The number of thioether (sulfide) groups is 1. The van der Waals surface area contributed by atoms with Crippen molar-refractivity contribution < 1.29 is 4.79 Å². The molecule has 0 radical (unpaired) electrons. The average molecular weight is 402 g/mol. The second-order valence-corrected chi connectivity index (χ2v) is 7.24. The maximum atomic E-state index is 12.3. The summed E-state index contributed by atoms with van der Waals surface area (Å²) in [5.74, 6) is 0.944. The first-order valence-electron chi connectivity index (χ1n) is 8.60. The van der Waals surface area contributed by atoms with E-state index in [9.17, 15) is 4.79 Å². The van der Waals surface area contributed by atoms with Crippen LogP contribution in [0.1, 0.15) is 25.5 Å². The average Bonchev–Trinajstić information content (AvgIpc) is 3.10. The summed E-state index contributed by atoms with van der Waals surface area (Å²) in [6.45, 7) is 4.65. The zero-order chi connectivity index (χ0) is 19.2. The van der Waals surface area contributed by atoms with Crippen molar-refractivity contribution >= 4 is 29.3 Å². The van der Waals surface area contributed by atoms with E-state index in [1.807, 2.05) is 54.8 Å². The van der Waals surface area contributed by atoms with Gasteiger partial charge in [-0.25, -0.2) is 0 Å². The second-order valence-electron chi connectivity index (χ2n) is 5.89. The highest BCUT2D eigenvalue weighted by atomic mass is 35.5. The minimum atomic E-state index is -0.164. The molecule has 1 N–H and O–H groups in total. The number of pyridine rings is 1. The van der Waals surface area contributed by atoms with Crippen molar-refractivity contribution in [3.8, 4) is 11.4 Å². The van der Waals surface area contributed by atoms with Gasteiger partial charge < -0.3 is 9.88 Å². The Balaban J connectivity index is 1.64. The van der Waals surface area contributed by atoms with E-state index in [0.29, 0.717) is 16.7 Å². The van der Waals surface area contributed by atoms with E-state index in [-0.39, 0.29) is 17.7 Å². The zero-order valence-electron chi connectivity index (χ0n) is 15.1. The lowest BCUT2D eigenvalue weighted by atomic mass is 10.1. The van der Waals surface area contributed by atoms with Gasteiger partial charge in [0.1, 0.15) is 0 Å². The minimum absolute atomic E-state index is 0.0801. The van der Waals surface area contributed by atoms with Crippen LogP contribution in [0.5, 0.6) is 0 Å². The van der Waals surface area contributed by atoms with Crippen LogP contribution in [0.25, 0.3) is 11.4 Å². The molecule has 1 amide bonds. The highest BCUT2D eigenvalue weighted by molar-refractivity contribution is 7.99. The number of rotatable bonds is 7. The monoisotopic (exact) mass is 401 g/mol. The van der Waals surface area contributed by atoms with Gasteiger partial charge >= 0.3 is 0 Å². The molecule has 27 heavy (non-hydrogen) atoms. The predicted molar refractivity (Wildman–Crippen MR) is 108 cm³/mol. The molecule has 0 saturated heterocycles. The van der Waals surface area contributed by atoms with E-state index in [1.165, 1.54) is 11.8 Å². The molecule has 1 unspecified atom stereocenters. The number of nitrogens with one attached hydrogen (secondary N) is 1. The number of carbonyl (C=O) groups excluding carboxylic acids is 1. The summed E-state index contributed by atoms with van der Waals surface area (Å²) in [5, 5.41) is 12.8. The SMILES string of the molecule is CCn1c(SCC(=O)NC(C)c2ccccc2Cl)nnc1-c1ccncc1. The second kappa shape index (κ2) is 9.01. The molecule has 6 nitrogen and oxygen atoms in total. The molecular formula is C19H20ClN5OS. The third-order valence-electron chi connectivity index (χ3n) is 4.05. The van der Waals surface area contributed by atoms with E-state index in [4.69, 9.17) is 11.6 Å². The number of carbonyl (C=O) groups is 1. The van der Waals surface area contributed by atoms with Crippen molar-refractivity contribution in [3.05, 3.63) is 59.4 Å². The van der Waals surface area contributed by atoms with Gasteiger partial charge in [-0.3, -0.25) is 9.78 Å². The Hall–Kier alpha value is -2.38. The standard InChI is InChI=1S/C19H20ClN5OS/c1-3-25-18(14-8-10-21-11-9-14)23-24-19(25)27-12-17(26)22-13(2)15-6-4-5-7-16(15)20/h4-11,13H,3,12H2,1-2H3,(H,22,26). The van der Waals surface area contributed by atoms with Crippen molar-refractivity contribution in [2.45, 2.75) is 31.6 Å². The Morgan fingerprint density at radius 1 is 1.22 bits per heavy atom. The van der Waals surface area contributed by atoms with Gasteiger partial charge in [0.2, 0.25) is 5.91 Å². The number of hydrogen-bond donors (Lipinski definition) is 1. The number of halogens is 1. The molecule has 0 bridgehead atoms. The maximum Gasteiger partial charge on any atom is 0.230 e. The molecule has 3 rings (SSSR count). The normalized spacial score (nSPS) is 12.0. The van der Waals surface area contributed by atoms with Crippen LogP contribution in [-0.4, -0.2) is 31.4 Å². The first kappa shape index (κ1) is 19.4. The molecule has 8 heteroatoms. The lowest BCUT2D eigenvalue weighted by molar-refractivity contribution is -0.119. The summed E-state index contributed by atoms with van der Waals surface area (Å²) < 4.78 is 1.99. The third-order valence-corrected chi connectivity index (χ3v) is 5.36. The Labute approximate surface area is 167 Å².